The highest BCUT2D eigenvalue weighted by Crippen LogP contribution is 2.07. The number of rotatable bonds is 4. The van der Waals surface area contributed by atoms with Crippen LogP contribution in [-0.2, 0) is 0 Å². The number of nitrogens with one attached hydrogen (secondary N) is 1. The number of hydrogen-bond donors (Lipinski definition) is 1. The molecule has 1 aromatic heterocycles. The Labute approximate surface area is 70.7 Å². The number of carbonyl (C=O) groups is 1. The number of nitrogens with zero attached hydrogens (tertiary/aromatic N) is 2. The highest BCUT2D eigenvalue weighted by molar-refractivity contribution is 5.95. The molecule has 1 heterocycles. The van der Waals surface area contributed by atoms with E-state index in [-0.39, 0.29) is 5.78 Å². The van der Waals surface area contributed by atoms with E-state index >= 15 is 0 Å². The zero-order valence-corrected chi connectivity index (χ0v) is 7.00. The van der Waals surface area contributed by atoms with Gasteiger partial charge in [0.2, 0.25) is 0 Å². The van der Waals surface area contributed by atoms with Crippen LogP contribution in [0.2, 0.25) is 0 Å². The van der Waals surface area contributed by atoms with Crippen molar-refractivity contribution in [2.45, 2.75) is 19.8 Å². The van der Waals surface area contributed by atoms with E-state index in [4.69, 9.17) is 0 Å². The molecule has 4 nitrogen and oxygen atoms in total. The zero-order valence-electron chi connectivity index (χ0n) is 7.00. The second-order valence-corrected chi connectivity index (χ2v) is 2.56. The molecule has 0 aliphatic heterocycles. The van der Waals surface area contributed by atoms with Gasteiger partial charge in [-0.15, -0.1) is 0 Å². The van der Waals surface area contributed by atoms with E-state index in [0.29, 0.717) is 12.1 Å². The van der Waals surface area contributed by atoms with Crippen molar-refractivity contribution < 1.29 is 4.79 Å². The summed E-state index contributed by atoms with van der Waals surface area (Å²) in [6.07, 6.45) is 2.61. The van der Waals surface area contributed by atoms with Crippen molar-refractivity contribution >= 4 is 5.78 Å². The first-order valence-electron chi connectivity index (χ1n) is 3.79. The van der Waals surface area contributed by atoms with Gasteiger partial charge in [0.05, 0.1) is 6.20 Å². The highest BCUT2D eigenvalue weighted by Gasteiger charge is 2.08. The quantitative estimate of drug-likeness (QED) is 0.541. The zero-order chi connectivity index (χ0) is 8.97. The number of aromatic nitrogens is 3. The van der Waals surface area contributed by atoms with E-state index in [0.717, 1.165) is 12.0 Å². The maximum absolute atomic E-state index is 11.3. The van der Waals surface area contributed by atoms with Gasteiger partial charge in [0.15, 0.2) is 5.78 Å². The van der Waals surface area contributed by atoms with Crippen LogP contribution in [0.5, 0.6) is 0 Å². The predicted octanol–water partition coefficient (Wildman–Crippen LogP) is 1.34. The Balaban J connectivity index is 2.56. The smallest absolute Gasteiger partial charge is 0.188 e. The summed E-state index contributed by atoms with van der Waals surface area (Å²) in [4.78, 5) is 11.3. The minimum absolute atomic E-state index is 0.0319. The molecule has 0 saturated heterocycles. The van der Waals surface area contributed by atoms with Crippen molar-refractivity contribution in [1.29, 1.82) is 0 Å². The Kier molecular flexibility index (Phi) is 2.74. The fourth-order valence-electron chi connectivity index (χ4n) is 0.779. The lowest BCUT2D eigenvalue weighted by Crippen LogP contribution is -2.00. The first kappa shape index (κ1) is 8.64. The summed E-state index contributed by atoms with van der Waals surface area (Å²) in [7, 11) is 0. The van der Waals surface area contributed by atoms with Crippen LogP contribution in [-0.4, -0.2) is 21.2 Å². The molecule has 0 bridgehead atoms. The lowest BCUT2D eigenvalue weighted by Gasteiger charge is -1.97. The average Bonchev–Trinajstić information content (AvgIpc) is 2.56. The number of hydrogen-bond acceptors (Lipinski definition) is 3. The summed E-state index contributed by atoms with van der Waals surface area (Å²) in [5.74, 6) is -0.0319. The van der Waals surface area contributed by atoms with Gasteiger partial charge in [0.1, 0.15) is 5.69 Å². The predicted molar refractivity (Wildman–Crippen MR) is 44.8 cm³/mol. The fourth-order valence-corrected chi connectivity index (χ4v) is 0.779. The van der Waals surface area contributed by atoms with Crippen molar-refractivity contribution in [2.24, 2.45) is 0 Å². The topological polar surface area (TPSA) is 58.6 Å². The van der Waals surface area contributed by atoms with E-state index in [1.54, 1.807) is 0 Å². The molecule has 0 aromatic carbocycles. The van der Waals surface area contributed by atoms with Crippen LogP contribution in [0.25, 0.3) is 0 Å². The third-order valence-electron chi connectivity index (χ3n) is 1.61. The van der Waals surface area contributed by atoms with E-state index in [9.17, 15) is 4.79 Å². The molecule has 4 heteroatoms. The monoisotopic (exact) mass is 165 g/mol. The van der Waals surface area contributed by atoms with Gasteiger partial charge >= 0.3 is 0 Å². The molecule has 0 atom stereocenters. The van der Waals surface area contributed by atoms with Crippen LogP contribution in [0, 0.1) is 0 Å². The molecule has 0 aliphatic rings. The fraction of sp³-hybridized carbons (Fsp3) is 0.375. The molecule has 0 unspecified atom stereocenters. The van der Waals surface area contributed by atoms with Crippen LogP contribution in [0.1, 0.15) is 30.3 Å². The molecule has 64 valence electrons. The summed E-state index contributed by atoms with van der Waals surface area (Å²) < 4.78 is 0. The first-order valence-corrected chi connectivity index (χ1v) is 3.79. The van der Waals surface area contributed by atoms with E-state index < -0.39 is 0 Å². The maximum atomic E-state index is 11.3. The first-order chi connectivity index (χ1) is 5.74. The van der Waals surface area contributed by atoms with Crippen LogP contribution in [0.15, 0.2) is 18.3 Å². The number of aromatic amines is 1. The van der Waals surface area contributed by atoms with Gasteiger partial charge in [-0.1, -0.05) is 19.1 Å². The molecule has 1 N–H and O–H groups in total. The molecule has 1 aromatic rings. The van der Waals surface area contributed by atoms with Crippen LogP contribution in [0.4, 0.5) is 0 Å². The molecule has 12 heavy (non-hydrogen) atoms. The molecule has 0 amide bonds. The Morgan fingerprint density at radius 3 is 3.00 bits per heavy atom. The van der Waals surface area contributed by atoms with E-state index in [1.807, 2.05) is 6.92 Å². The number of Topliss-reactive ketones (excluding diaryl/α,β-unsaturated/α-hetero) is 1. The summed E-state index contributed by atoms with van der Waals surface area (Å²) in [6.45, 7) is 5.71. The second kappa shape index (κ2) is 3.80. The van der Waals surface area contributed by atoms with Crippen LogP contribution < -0.4 is 0 Å². The molecular formula is C8H11N3O. The molecule has 0 aliphatic carbocycles. The van der Waals surface area contributed by atoms with Gasteiger partial charge in [-0.3, -0.25) is 4.79 Å². The summed E-state index contributed by atoms with van der Waals surface area (Å²) >= 11 is 0. The number of carbonyl (C=O) groups excluding carboxylic acids is 1. The summed E-state index contributed by atoms with van der Waals surface area (Å²) in [5, 5.41) is 9.62. The van der Waals surface area contributed by atoms with Crippen molar-refractivity contribution in [1.82, 2.24) is 15.4 Å². The Hall–Kier alpha value is -1.45. The third-order valence-corrected chi connectivity index (χ3v) is 1.61. The maximum Gasteiger partial charge on any atom is 0.188 e. The lowest BCUT2D eigenvalue weighted by molar-refractivity contribution is 0.0987. The summed E-state index contributed by atoms with van der Waals surface area (Å²) in [6, 6.07) is 0. The minimum Gasteiger partial charge on any atom is -0.292 e. The standard InChI is InChI=1S/C8H11N3O/c1-3-6(2)4-8(12)7-5-9-11-10-7/h5H,2-4H2,1H3,(H,9,10,11). The molecule has 1 rings (SSSR count). The molecular weight excluding hydrogens is 154 g/mol. The minimum atomic E-state index is -0.0319. The van der Waals surface area contributed by atoms with E-state index in [1.165, 1.54) is 6.20 Å². The van der Waals surface area contributed by atoms with Gasteiger partial charge in [0, 0.05) is 6.42 Å². The summed E-state index contributed by atoms with van der Waals surface area (Å²) in [5.41, 5.74) is 1.30. The van der Waals surface area contributed by atoms with Gasteiger partial charge in [-0.2, -0.15) is 15.4 Å². The number of allylic oxidation sites excluding steroid dienone is 1. The van der Waals surface area contributed by atoms with E-state index in [2.05, 4.69) is 22.0 Å². The largest absolute Gasteiger partial charge is 0.292 e. The van der Waals surface area contributed by atoms with Crippen molar-refractivity contribution in [3.63, 3.8) is 0 Å². The van der Waals surface area contributed by atoms with Crippen molar-refractivity contribution in [3.05, 3.63) is 24.0 Å². The Morgan fingerprint density at radius 2 is 2.50 bits per heavy atom. The second-order valence-electron chi connectivity index (χ2n) is 2.56. The van der Waals surface area contributed by atoms with Crippen LogP contribution in [0.3, 0.4) is 0 Å². The van der Waals surface area contributed by atoms with Crippen molar-refractivity contribution in [3.8, 4) is 0 Å². The molecule has 0 saturated carbocycles. The van der Waals surface area contributed by atoms with Gasteiger partial charge in [0.25, 0.3) is 0 Å². The number of H-pyrrole nitrogens is 1. The third kappa shape index (κ3) is 2.02. The highest BCUT2D eigenvalue weighted by atomic mass is 16.1. The Morgan fingerprint density at radius 1 is 1.75 bits per heavy atom. The number of ketones is 1. The molecule has 0 radical (unpaired) electrons. The van der Waals surface area contributed by atoms with Crippen LogP contribution >= 0.6 is 0 Å². The SMILES string of the molecule is C=C(CC)CC(=O)c1cn[nH]n1. The van der Waals surface area contributed by atoms with Gasteiger partial charge < -0.3 is 0 Å². The Bertz CT molecular complexity index is 277. The lowest BCUT2D eigenvalue weighted by atomic mass is 10.1. The van der Waals surface area contributed by atoms with Gasteiger partial charge in [-0.25, -0.2) is 0 Å². The van der Waals surface area contributed by atoms with Crippen molar-refractivity contribution in [2.75, 3.05) is 0 Å². The average molecular weight is 165 g/mol. The molecule has 0 spiro atoms. The normalized spacial score (nSPS) is 9.75. The van der Waals surface area contributed by atoms with Gasteiger partial charge in [-0.05, 0) is 6.42 Å². The molecule has 0 fully saturated rings.